The van der Waals surface area contributed by atoms with Crippen molar-refractivity contribution in [3.05, 3.63) is 66.1 Å². The SMILES string of the molecule is C[C@H](Nc1nc(C(N)=O)cc(-c2ccc(Oc3ccc(F)cc3)cc2)n1)C(N)O. The molecule has 0 radical (unpaired) electrons. The van der Waals surface area contributed by atoms with Gasteiger partial charge in [-0.15, -0.1) is 0 Å². The summed E-state index contributed by atoms with van der Waals surface area (Å²) in [6.45, 7) is 1.65. The lowest BCUT2D eigenvalue weighted by Gasteiger charge is -2.17. The average molecular weight is 397 g/mol. The molecule has 8 nitrogen and oxygen atoms in total. The van der Waals surface area contributed by atoms with Crippen molar-refractivity contribution in [2.45, 2.75) is 19.2 Å². The number of nitrogens with one attached hydrogen (secondary N) is 1. The largest absolute Gasteiger partial charge is 0.457 e. The molecule has 0 bridgehead atoms. The Labute approximate surface area is 166 Å². The fourth-order valence-corrected chi connectivity index (χ4v) is 2.41. The summed E-state index contributed by atoms with van der Waals surface area (Å²) in [6.07, 6.45) is -1.14. The molecule has 3 rings (SSSR count). The predicted molar refractivity (Wildman–Crippen MR) is 106 cm³/mol. The molecule has 9 heteroatoms. The number of carbonyl (C=O) groups excluding carboxylic acids is 1. The molecule has 0 saturated heterocycles. The van der Waals surface area contributed by atoms with Crippen LogP contribution < -0.4 is 21.5 Å². The van der Waals surface area contributed by atoms with Crippen LogP contribution in [-0.4, -0.2) is 33.3 Å². The van der Waals surface area contributed by atoms with Gasteiger partial charge in [0.05, 0.1) is 11.7 Å². The van der Waals surface area contributed by atoms with Gasteiger partial charge in [0.2, 0.25) is 5.95 Å². The molecular weight excluding hydrogens is 377 g/mol. The molecule has 0 aliphatic carbocycles. The maximum absolute atomic E-state index is 13.0. The highest BCUT2D eigenvalue weighted by Gasteiger charge is 2.15. The van der Waals surface area contributed by atoms with Gasteiger partial charge >= 0.3 is 0 Å². The zero-order valence-corrected chi connectivity index (χ0v) is 15.5. The quantitative estimate of drug-likeness (QED) is 0.449. The number of anilines is 1. The van der Waals surface area contributed by atoms with Crippen molar-refractivity contribution < 1.29 is 19.0 Å². The van der Waals surface area contributed by atoms with Gasteiger partial charge in [0.25, 0.3) is 5.91 Å². The molecule has 0 aliphatic heterocycles. The molecule has 3 aromatic rings. The van der Waals surface area contributed by atoms with Crippen molar-refractivity contribution in [1.82, 2.24) is 9.97 Å². The first kappa shape index (κ1) is 20.2. The van der Waals surface area contributed by atoms with E-state index in [1.54, 1.807) is 31.2 Å². The molecule has 1 amide bonds. The molecule has 1 unspecified atom stereocenters. The number of rotatable bonds is 7. The Bertz CT molecular complexity index is 994. The van der Waals surface area contributed by atoms with E-state index in [9.17, 15) is 14.3 Å². The number of hydrogen-bond donors (Lipinski definition) is 4. The molecule has 150 valence electrons. The monoisotopic (exact) mass is 397 g/mol. The highest BCUT2D eigenvalue weighted by Crippen LogP contribution is 2.26. The number of nitrogens with two attached hydrogens (primary N) is 2. The standard InChI is InChI=1S/C20H20FN5O3/c1-11(18(22)27)24-20-25-16(10-17(26-20)19(23)28)12-2-6-14(7-3-12)29-15-8-4-13(21)5-9-15/h2-11,18,27H,22H2,1H3,(H2,23,28)(H,24,25,26)/t11-,18?/m0/s1. The van der Waals surface area contributed by atoms with Gasteiger partial charge in [0.15, 0.2) is 0 Å². The number of hydrogen-bond acceptors (Lipinski definition) is 7. The minimum atomic E-state index is -1.14. The Morgan fingerprint density at radius 3 is 2.24 bits per heavy atom. The maximum Gasteiger partial charge on any atom is 0.267 e. The molecule has 2 aromatic carbocycles. The van der Waals surface area contributed by atoms with Gasteiger partial charge in [-0.3, -0.25) is 4.79 Å². The van der Waals surface area contributed by atoms with Crippen molar-refractivity contribution in [3.63, 3.8) is 0 Å². The summed E-state index contributed by atoms with van der Waals surface area (Å²) < 4.78 is 18.6. The number of halogens is 1. The normalized spacial score (nSPS) is 12.8. The summed E-state index contributed by atoms with van der Waals surface area (Å²) in [5.41, 5.74) is 11.9. The van der Waals surface area contributed by atoms with E-state index in [1.165, 1.54) is 30.3 Å². The van der Waals surface area contributed by atoms with E-state index in [2.05, 4.69) is 15.3 Å². The summed E-state index contributed by atoms with van der Waals surface area (Å²) in [5, 5.41) is 12.3. The van der Waals surface area contributed by atoms with Gasteiger partial charge in [-0.25, -0.2) is 14.4 Å². The number of benzene rings is 2. The molecule has 0 saturated carbocycles. The van der Waals surface area contributed by atoms with Crippen LogP contribution in [0.4, 0.5) is 10.3 Å². The van der Waals surface area contributed by atoms with E-state index < -0.39 is 18.2 Å². The predicted octanol–water partition coefficient (Wildman–Crippen LogP) is 2.25. The van der Waals surface area contributed by atoms with Crippen LogP contribution in [0.3, 0.4) is 0 Å². The van der Waals surface area contributed by atoms with Crippen LogP contribution in [0.15, 0.2) is 54.6 Å². The van der Waals surface area contributed by atoms with Crippen LogP contribution in [0.25, 0.3) is 11.3 Å². The molecule has 1 aromatic heterocycles. The van der Waals surface area contributed by atoms with Gasteiger partial charge in [0.1, 0.15) is 29.2 Å². The number of amides is 1. The summed E-state index contributed by atoms with van der Waals surface area (Å²) in [6, 6.07) is 13.5. The minimum absolute atomic E-state index is 0.0165. The third-order valence-electron chi connectivity index (χ3n) is 4.05. The summed E-state index contributed by atoms with van der Waals surface area (Å²) >= 11 is 0. The highest BCUT2D eigenvalue weighted by molar-refractivity contribution is 5.92. The topological polar surface area (TPSA) is 136 Å². The second-order valence-corrected chi connectivity index (χ2v) is 6.33. The second kappa shape index (κ2) is 8.63. The van der Waals surface area contributed by atoms with Crippen molar-refractivity contribution in [2.75, 3.05) is 5.32 Å². The lowest BCUT2D eigenvalue weighted by molar-refractivity contribution is 0.0995. The Morgan fingerprint density at radius 2 is 1.69 bits per heavy atom. The average Bonchev–Trinajstić information content (AvgIpc) is 2.70. The van der Waals surface area contributed by atoms with Crippen molar-refractivity contribution in [3.8, 4) is 22.8 Å². The molecule has 0 spiro atoms. The maximum atomic E-state index is 13.0. The number of carbonyl (C=O) groups is 1. The van der Waals surface area contributed by atoms with Crippen LogP contribution in [0.2, 0.25) is 0 Å². The lowest BCUT2D eigenvalue weighted by atomic mass is 10.1. The number of nitrogens with zero attached hydrogens (tertiary/aromatic N) is 2. The molecule has 2 atom stereocenters. The van der Waals surface area contributed by atoms with E-state index in [0.29, 0.717) is 22.8 Å². The van der Waals surface area contributed by atoms with Gasteiger partial charge in [0, 0.05) is 5.56 Å². The van der Waals surface area contributed by atoms with Crippen LogP contribution in [0, 0.1) is 5.82 Å². The first-order chi connectivity index (χ1) is 13.8. The van der Waals surface area contributed by atoms with E-state index in [4.69, 9.17) is 16.2 Å². The highest BCUT2D eigenvalue weighted by atomic mass is 19.1. The van der Waals surface area contributed by atoms with Crippen LogP contribution in [0.5, 0.6) is 11.5 Å². The molecule has 6 N–H and O–H groups in total. The third-order valence-corrected chi connectivity index (χ3v) is 4.05. The Hall–Kier alpha value is -3.56. The number of ether oxygens (including phenoxy) is 1. The number of aromatic nitrogens is 2. The molecule has 29 heavy (non-hydrogen) atoms. The van der Waals surface area contributed by atoms with Crippen LogP contribution in [-0.2, 0) is 0 Å². The Morgan fingerprint density at radius 1 is 1.10 bits per heavy atom. The molecule has 0 fully saturated rings. The van der Waals surface area contributed by atoms with E-state index in [-0.39, 0.29) is 17.5 Å². The van der Waals surface area contributed by atoms with Gasteiger partial charge in [-0.1, -0.05) is 0 Å². The zero-order valence-electron chi connectivity index (χ0n) is 15.5. The van der Waals surface area contributed by atoms with Crippen LogP contribution in [0.1, 0.15) is 17.4 Å². The van der Waals surface area contributed by atoms with Crippen molar-refractivity contribution in [1.29, 1.82) is 0 Å². The second-order valence-electron chi connectivity index (χ2n) is 6.33. The summed E-state index contributed by atoms with van der Waals surface area (Å²) in [4.78, 5) is 20.0. The molecule has 0 aliphatic rings. The van der Waals surface area contributed by atoms with E-state index in [0.717, 1.165) is 0 Å². The lowest BCUT2D eigenvalue weighted by Crippen LogP contribution is -2.38. The third kappa shape index (κ3) is 5.24. The zero-order chi connectivity index (χ0) is 21.0. The number of aliphatic hydroxyl groups excluding tert-OH is 1. The summed E-state index contributed by atoms with van der Waals surface area (Å²) in [7, 11) is 0. The van der Waals surface area contributed by atoms with Gasteiger partial charge in [-0.2, -0.15) is 0 Å². The molecule has 1 heterocycles. The van der Waals surface area contributed by atoms with Gasteiger partial charge < -0.3 is 26.6 Å². The van der Waals surface area contributed by atoms with Crippen molar-refractivity contribution >= 4 is 11.9 Å². The van der Waals surface area contributed by atoms with Gasteiger partial charge in [-0.05, 0) is 61.5 Å². The number of aliphatic hydroxyl groups is 1. The van der Waals surface area contributed by atoms with Crippen LogP contribution >= 0.6 is 0 Å². The smallest absolute Gasteiger partial charge is 0.267 e. The Balaban J connectivity index is 1.85. The first-order valence-corrected chi connectivity index (χ1v) is 8.75. The number of primary amides is 1. The summed E-state index contributed by atoms with van der Waals surface area (Å²) in [5.74, 6) is 0.0947. The minimum Gasteiger partial charge on any atom is -0.457 e. The van der Waals surface area contributed by atoms with E-state index >= 15 is 0 Å². The fraction of sp³-hybridized carbons (Fsp3) is 0.150. The molecular formula is C20H20FN5O3. The van der Waals surface area contributed by atoms with E-state index in [1.807, 2.05) is 0 Å². The fourth-order valence-electron chi connectivity index (χ4n) is 2.41. The Kier molecular flexibility index (Phi) is 6.01. The first-order valence-electron chi connectivity index (χ1n) is 8.75. The van der Waals surface area contributed by atoms with Crippen molar-refractivity contribution in [2.24, 2.45) is 11.5 Å².